The molecule has 2 aromatic rings. The Bertz CT molecular complexity index is 853. The molecule has 0 saturated carbocycles. The summed E-state index contributed by atoms with van der Waals surface area (Å²) in [6.45, 7) is 0. The number of benzene rings is 2. The number of halogens is 1. The van der Waals surface area contributed by atoms with E-state index in [2.05, 4.69) is 10.6 Å². The van der Waals surface area contributed by atoms with Gasteiger partial charge in [-0.3, -0.25) is 4.79 Å². The Morgan fingerprint density at radius 2 is 1.77 bits per heavy atom. The van der Waals surface area contributed by atoms with Crippen LogP contribution in [-0.4, -0.2) is 14.3 Å². The van der Waals surface area contributed by atoms with Gasteiger partial charge in [0.05, 0.1) is 16.3 Å². The number of primary sulfonamides is 1. The fraction of sp³-hybridized carbons (Fsp3) is 0.0714. The Labute approximate surface area is 132 Å². The molecule has 1 heterocycles. The third kappa shape index (κ3) is 2.66. The molecule has 1 atom stereocenters. The van der Waals surface area contributed by atoms with E-state index in [1.807, 2.05) is 30.3 Å². The zero-order valence-corrected chi connectivity index (χ0v) is 12.8. The van der Waals surface area contributed by atoms with Crippen LogP contribution in [0, 0.1) is 0 Å². The number of carbonyl (C=O) groups is 1. The highest BCUT2D eigenvalue weighted by molar-refractivity contribution is 7.89. The molecular formula is C14H12ClN3O3S. The summed E-state index contributed by atoms with van der Waals surface area (Å²) >= 11 is 5.96. The molecule has 0 aromatic heterocycles. The number of anilines is 1. The SMILES string of the molecule is NS(=O)(=O)c1cc2c(cc1Cl)N[C@@H](c1ccccc1)NC2=O. The maximum atomic E-state index is 12.2. The van der Waals surface area contributed by atoms with Crippen molar-refractivity contribution in [1.82, 2.24) is 5.32 Å². The van der Waals surface area contributed by atoms with Crippen molar-refractivity contribution in [1.29, 1.82) is 0 Å². The first-order valence-electron chi connectivity index (χ1n) is 6.35. The predicted octanol–water partition coefficient (Wildman–Crippen LogP) is 1.84. The molecule has 0 spiro atoms. The van der Waals surface area contributed by atoms with Gasteiger partial charge in [-0.15, -0.1) is 0 Å². The molecule has 6 nitrogen and oxygen atoms in total. The zero-order valence-electron chi connectivity index (χ0n) is 11.2. The van der Waals surface area contributed by atoms with Crippen LogP contribution in [0.2, 0.25) is 5.02 Å². The number of hydrogen-bond acceptors (Lipinski definition) is 4. The molecule has 4 N–H and O–H groups in total. The molecule has 114 valence electrons. The van der Waals surface area contributed by atoms with Crippen LogP contribution in [0.4, 0.5) is 5.69 Å². The second-order valence-electron chi connectivity index (χ2n) is 4.83. The third-order valence-electron chi connectivity index (χ3n) is 3.33. The van der Waals surface area contributed by atoms with Crippen LogP contribution >= 0.6 is 11.6 Å². The molecule has 0 saturated heterocycles. The molecule has 1 aliphatic rings. The fourth-order valence-corrected chi connectivity index (χ4v) is 3.39. The van der Waals surface area contributed by atoms with Crippen molar-refractivity contribution in [3.8, 4) is 0 Å². The van der Waals surface area contributed by atoms with Gasteiger partial charge >= 0.3 is 0 Å². The number of amides is 1. The van der Waals surface area contributed by atoms with Gasteiger partial charge in [-0.1, -0.05) is 41.9 Å². The normalized spacial score (nSPS) is 17.4. The molecule has 0 aliphatic carbocycles. The van der Waals surface area contributed by atoms with Crippen LogP contribution < -0.4 is 15.8 Å². The summed E-state index contributed by atoms with van der Waals surface area (Å²) in [5.41, 5.74) is 1.50. The van der Waals surface area contributed by atoms with Crippen LogP contribution in [0.1, 0.15) is 22.1 Å². The van der Waals surface area contributed by atoms with Crippen molar-refractivity contribution in [2.24, 2.45) is 5.14 Å². The molecular weight excluding hydrogens is 326 g/mol. The summed E-state index contributed by atoms with van der Waals surface area (Å²) in [5.74, 6) is -0.399. The van der Waals surface area contributed by atoms with E-state index < -0.39 is 22.1 Å². The van der Waals surface area contributed by atoms with Gasteiger partial charge in [0, 0.05) is 0 Å². The van der Waals surface area contributed by atoms with E-state index in [4.69, 9.17) is 16.7 Å². The van der Waals surface area contributed by atoms with Gasteiger partial charge in [-0.25, -0.2) is 13.6 Å². The van der Waals surface area contributed by atoms with E-state index in [0.29, 0.717) is 5.69 Å². The second-order valence-corrected chi connectivity index (χ2v) is 6.77. The standard InChI is InChI=1S/C14H12ClN3O3S/c15-10-7-11-9(6-12(10)22(16,20)21)14(19)18-13(17-11)8-4-2-1-3-5-8/h1-7,13,17H,(H,18,19)(H2,16,20,21)/t13-/m1/s1. The van der Waals surface area contributed by atoms with Crippen molar-refractivity contribution in [2.45, 2.75) is 11.1 Å². The lowest BCUT2D eigenvalue weighted by Crippen LogP contribution is -2.38. The number of fused-ring (bicyclic) bond motifs is 1. The summed E-state index contributed by atoms with van der Waals surface area (Å²) in [4.78, 5) is 12.0. The second kappa shape index (κ2) is 5.28. The van der Waals surface area contributed by atoms with Gasteiger partial charge in [-0.2, -0.15) is 0 Å². The lowest BCUT2D eigenvalue weighted by Gasteiger charge is -2.28. The Hall–Kier alpha value is -2.09. The molecule has 8 heteroatoms. The number of nitrogens with two attached hydrogens (primary N) is 1. The van der Waals surface area contributed by atoms with E-state index in [1.165, 1.54) is 12.1 Å². The van der Waals surface area contributed by atoms with Gasteiger partial charge in [-0.05, 0) is 17.7 Å². The van der Waals surface area contributed by atoms with E-state index in [1.54, 1.807) is 0 Å². The fourth-order valence-electron chi connectivity index (χ4n) is 2.29. The van der Waals surface area contributed by atoms with Crippen molar-refractivity contribution in [3.05, 3.63) is 58.6 Å². The molecule has 1 amide bonds. The number of nitrogens with one attached hydrogen (secondary N) is 2. The van der Waals surface area contributed by atoms with Crippen LogP contribution in [0.5, 0.6) is 0 Å². The van der Waals surface area contributed by atoms with Crippen molar-refractivity contribution in [2.75, 3.05) is 5.32 Å². The van der Waals surface area contributed by atoms with Crippen LogP contribution in [0.15, 0.2) is 47.4 Å². The number of sulfonamides is 1. The monoisotopic (exact) mass is 337 g/mol. The van der Waals surface area contributed by atoms with Gasteiger partial charge in [0.15, 0.2) is 0 Å². The summed E-state index contributed by atoms with van der Waals surface area (Å²) < 4.78 is 22.9. The molecule has 22 heavy (non-hydrogen) atoms. The molecule has 3 rings (SSSR count). The van der Waals surface area contributed by atoms with E-state index >= 15 is 0 Å². The van der Waals surface area contributed by atoms with Crippen molar-refractivity contribution in [3.63, 3.8) is 0 Å². The Morgan fingerprint density at radius 3 is 2.41 bits per heavy atom. The van der Waals surface area contributed by atoms with Crippen molar-refractivity contribution < 1.29 is 13.2 Å². The first kappa shape index (κ1) is 14.8. The summed E-state index contributed by atoms with van der Waals surface area (Å²) in [5, 5.41) is 10.9. The predicted molar refractivity (Wildman–Crippen MR) is 83.1 cm³/mol. The lowest BCUT2D eigenvalue weighted by atomic mass is 10.1. The number of hydrogen-bond donors (Lipinski definition) is 3. The molecule has 0 bridgehead atoms. The van der Waals surface area contributed by atoms with Gasteiger partial charge in [0.25, 0.3) is 5.91 Å². The maximum Gasteiger partial charge on any atom is 0.255 e. The first-order chi connectivity index (χ1) is 10.4. The summed E-state index contributed by atoms with van der Waals surface area (Å²) in [6.07, 6.45) is -0.419. The largest absolute Gasteiger partial charge is 0.361 e. The molecule has 0 unspecified atom stereocenters. The molecule has 0 fully saturated rings. The molecule has 0 radical (unpaired) electrons. The van der Waals surface area contributed by atoms with Gasteiger partial charge < -0.3 is 10.6 Å². The van der Waals surface area contributed by atoms with Gasteiger partial charge in [0.2, 0.25) is 10.0 Å². The third-order valence-corrected chi connectivity index (χ3v) is 4.71. The van der Waals surface area contributed by atoms with Crippen molar-refractivity contribution >= 4 is 33.2 Å². The molecule has 2 aromatic carbocycles. The Morgan fingerprint density at radius 1 is 1.09 bits per heavy atom. The minimum atomic E-state index is -4.00. The molecule has 1 aliphatic heterocycles. The first-order valence-corrected chi connectivity index (χ1v) is 8.27. The smallest absolute Gasteiger partial charge is 0.255 e. The number of carbonyl (C=O) groups excluding carboxylic acids is 1. The van der Waals surface area contributed by atoms with Crippen LogP contribution in [0.3, 0.4) is 0 Å². The highest BCUT2D eigenvalue weighted by Crippen LogP contribution is 2.32. The summed E-state index contributed by atoms with van der Waals surface area (Å²) in [7, 11) is -4.00. The van der Waals surface area contributed by atoms with E-state index in [0.717, 1.165) is 5.56 Å². The summed E-state index contributed by atoms with van der Waals surface area (Å²) in [6, 6.07) is 11.9. The van der Waals surface area contributed by atoms with E-state index in [-0.39, 0.29) is 15.5 Å². The lowest BCUT2D eigenvalue weighted by molar-refractivity contribution is 0.0935. The van der Waals surface area contributed by atoms with Gasteiger partial charge in [0.1, 0.15) is 11.1 Å². The Balaban J connectivity index is 2.05. The average molecular weight is 338 g/mol. The quantitative estimate of drug-likeness (QED) is 0.778. The Kier molecular flexibility index (Phi) is 3.56. The average Bonchev–Trinajstić information content (AvgIpc) is 2.46. The number of rotatable bonds is 2. The zero-order chi connectivity index (χ0) is 15.9. The van der Waals surface area contributed by atoms with E-state index in [9.17, 15) is 13.2 Å². The highest BCUT2D eigenvalue weighted by Gasteiger charge is 2.27. The minimum absolute atomic E-state index is 0.0322. The highest BCUT2D eigenvalue weighted by atomic mass is 35.5. The topological polar surface area (TPSA) is 101 Å². The maximum absolute atomic E-state index is 12.2. The van der Waals surface area contributed by atoms with Crippen LogP contribution in [0.25, 0.3) is 0 Å². The minimum Gasteiger partial charge on any atom is -0.361 e. The van der Waals surface area contributed by atoms with Crippen LogP contribution in [-0.2, 0) is 10.0 Å².